The van der Waals surface area contributed by atoms with Crippen molar-refractivity contribution in [2.45, 2.75) is 18.7 Å². The maximum absolute atomic E-state index is 11.6. The average Bonchev–Trinajstić information content (AvgIpc) is 2.84. The Hall–Kier alpha value is -2.14. The number of hydrogen-bond donors (Lipinski definition) is 3. The molecule has 1 aliphatic heterocycles. The molecule has 2 rings (SSSR count). The Bertz CT molecular complexity index is 527. The van der Waals surface area contributed by atoms with E-state index in [0.717, 1.165) is 13.1 Å². The quantitative estimate of drug-likeness (QED) is 0.735. The lowest BCUT2D eigenvalue weighted by Crippen LogP contribution is -2.40. The van der Waals surface area contributed by atoms with Crippen molar-refractivity contribution in [2.24, 2.45) is 7.05 Å². The highest BCUT2D eigenvalue weighted by atomic mass is 19.4. The number of halogens is 3. The molecule has 1 aromatic rings. The molecule has 0 radical (unpaired) electrons. The zero-order chi connectivity index (χ0) is 17.5. The summed E-state index contributed by atoms with van der Waals surface area (Å²) in [5.41, 5.74) is 0. The van der Waals surface area contributed by atoms with Crippen molar-refractivity contribution < 1.29 is 32.6 Å². The van der Waals surface area contributed by atoms with Gasteiger partial charge in [-0.2, -0.15) is 18.3 Å². The van der Waals surface area contributed by atoms with E-state index in [1.807, 2.05) is 7.05 Å². The van der Waals surface area contributed by atoms with Crippen LogP contribution in [0.15, 0.2) is 12.3 Å². The number of carbonyl (C=O) groups is 2. The Balaban J connectivity index is 0.000000322. The summed E-state index contributed by atoms with van der Waals surface area (Å²) in [7, 11) is 1.81. The molecule has 11 heteroatoms. The fraction of sp³-hybridized carbons (Fsp3) is 0.583. The lowest BCUT2D eigenvalue weighted by atomic mass is 10.2. The van der Waals surface area contributed by atoms with E-state index in [4.69, 9.17) is 14.6 Å². The summed E-state index contributed by atoms with van der Waals surface area (Å²) < 4.78 is 38.8. The van der Waals surface area contributed by atoms with Crippen LogP contribution in [0.2, 0.25) is 0 Å². The zero-order valence-electron chi connectivity index (χ0n) is 12.3. The van der Waals surface area contributed by atoms with E-state index in [0.29, 0.717) is 18.8 Å². The molecule has 1 aliphatic rings. The van der Waals surface area contributed by atoms with Crippen LogP contribution in [-0.4, -0.2) is 58.7 Å². The summed E-state index contributed by atoms with van der Waals surface area (Å²) >= 11 is 0. The summed E-state index contributed by atoms with van der Waals surface area (Å²) in [6.45, 7) is 2.26. The Labute approximate surface area is 129 Å². The zero-order valence-corrected chi connectivity index (χ0v) is 12.3. The van der Waals surface area contributed by atoms with Gasteiger partial charge >= 0.3 is 12.1 Å². The number of carboxylic acids is 1. The number of rotatable bonds is 3. The van der Waals surface area contributed by atoms with Crippen LogP contribution >= 0.6 is 0 Å². The largest absolute Gasteiger partial charge is 0.490 e. The van der Waals surface area contributed by atoms with Crippen LogP contribution in [0.5, 0.6) is 0 Å². The molecule has 1 saturated heterocycles. The molecule has 0 aromatic carbocycles. The van der Waals surface area contributed by atoms with E-state index in [9.17, 15) is 18.0 Å². The monoisotopic (exact) mass is 338 g/mol. The number of carbonyl (C=O) groups excluding carboxylic acids is 1. The second kappa shape index (κ2) is 8.48. The predicted octanol–water partition coefficient (Wildman–Crippen LogP) is 0.370. The lowest BCUT2D eigenvalue weighted by molar-refractivity contribution is -0.192. The Morgan fingerprint density at radius 1 is 1.57 bits per heavy atom. The average molecular weight is 338 g/mol. The van der Waals surface area contributed by atoms with Crippen LogP contribution in [0.1, 0.15) is 6.42 Å². The van der Waals surface area contributed by atoms with Crippen LogP contribution in [0.3, 0.4) is 0 Å². The number of aliphatic carboxylic acids is 1. The molecule has 2 heterocycles. The van der Waals surface area contributed by atoms with Crippen molar-refractivity contribution in [3.63, 3.8) is 0 Å². The normalized spacial score (nSPS) is 17.8. The maximum atomic E-state index is 11.6. The van der Waals surface area contributed by atoms with Crippen LogP contribution < -0.4 is 10.6 Å². The minimum atomic E-state index is -5.08. The first-order valence-corrected chi connectivity index (χ1v) is 6.60. The fourth-order valence-electron chi connectivity index (χ4n) is 1.63. The van der Waals surface area contributed by atoms with Gasteiger partial charge in [-0.1, -0.05) is 0 Å². The topological polar surface area (TPSA) is 105 Å². The van der Waals surface area contributed by atoms with Gasteiger partial charge in [0.2, 0.25) is 5.91 Å². The fourth-order valence-corrected chi connectivity index (χ4v) is 1.63. The molecule has 8 nitrogen and oxygen atoms in total. The highest BCUT2D eigenvalue weighted by Crippen LogP contribution is 2.13. The van der Waals surface area contributed by atoms with Gasteiger partial charge in [-0.25, -0.2) is 4.79 Å². The molecule has 3 N–H and O–H groups in total. The van der Waals surface area contributed by atoms with E-state index >= 15 is 0 Å². The van der Waals surface area contributed by atoms with E-state index in [1.54, 1.807) is 16.9 Å². The van der Waals surface area contributed by atoms with Crippen LogP contribution in [0, 0.1) is 0 Å². The molecule has 0 bridgehead atoms. The molecule has 0 saturated carbocycles. The number of morpholine rings is 1. The number of anilines is 1. The van der Waals surface area contributed by atoms with Crippen LogP contribution in [0.4, 0.5) is 19.0 Å². The van der Waals surface area contributed by atoms with Crippen molar-refractivity contribution in [1.29, 1.82) is 0 Å². The molecule has 23 heavy (non-hydrogen) atoms. The minimum Gasteiger partial charge on any atom is -0.475 e. The summed E-state index contributed by atoms with van der Waals surface area (Å²) in [5.74, 6) is -2.24. The molecule has 1 aromatic heterocycles. The first-order valence-electron chi connectivity index (χ1n) is 6.60. The summed E-state index contributed by atoms with van der Waals surface area (Å²) in [5, 5.41) is 17.1. The summed E-state index contributed by atoms with van der Waals surface area (Å²) in [6, 6.07) is 1.76. The smallest absolute Gasteiger partial charge is 0.475 e. The third kappa shape index (κ3) is 7.61. The molecule has 1 amide bonds. The minimum absolute atomic E-state index is 0.0301. The van der Waals surface area contributed by atoms with Crippen molar-refractivity contribution >= 4 is 17.7 Å². The van der Waals surface area contributed by atoms with Gasteiger partial charge in [0.25, 0.3) is 0 Å². The summed E-state index contributed by atoms with van der Waals surface area (Å²) in [4.78, 5) is 20.5. The van der Waals surface area contributed by atoms with Crippen molar-refractivity contribution in [2.75, 3.05) is 25.0 Å². The Kier molecular flexibility index (Phi) is 6.97. The maximum Gasteiger partial charge on any atom is 0.490 e. The molecule has 1 unspecified atom stereocenters. The Morgan fingerprint density at radius 3 is 2.65 bits per heavy atom. The second-order valence-electron chi connectivity index (χ2n) is 4.63. The van der Waals surface area contributed by atoms with Crippen molar-refractivity contribution in [3.05, 3.63) is 12.3 Å². The number of aromatic nitrogens is 2. The van der Waals surface area contributed by atoms with Gasteiger partial charge in [0.1, 0.15) is 0 Å². The molecular formula is C12H17F3N4O4. The van der Waals surface area contributed by atoms with Crippen LogP contribution in [0.25, 0.3) is 0 Å². The standard InChI is InChI=1S/C10H16N4O2.C2HF3O2/c1-14-4-2-9(13-14)12-10(15)6-8-7-11-3-5-16-8;3-2(4,5)1(6)7/h2,4,8,11H,3,5-7H2,1H3,(H,12,13,15);(H,6,7). The second-order valence-corrected chi connectivity index (χ2v) is 4.63. The number of amides is 1. The molecule has 0 spiro atoms. The number of aryl methyl sites for hydroxylation is 1. The van der Waals surface area contributed by atoms with E-state index in [2.05, 4.69) is 15.7 Å². The Morgan fingerprint density at radius 2 is 2.22 bits per heavy atom. The first-order chi connectivity index (χ1) is 10.7. The number of ether oxygens (including phenoxy) is 1. The van der Waals surface area contributed by atoms with Gasteiger partial charge in [0, 0.05) is 32.4 Å². The van der Waals surface area contributed by atoms with E-state index < -0.39 is 12.1 Å². The molecule has 1 fully saturated rings. The van der Waals surface area contributed by atoms with E-state index in [1.165, 1.54) is 0 Å². The lowest BCUT2D eigenvalue weighted by Gasteiger charge is -2.22. The summed E-state index contributed by atoms with van der Waals surface area (Å²) in [6.07, 6.45) is -2.96. The van der Waals surface area contributed by atoms with Crippen molar-refractivity contribution in [1.82, 2.24) is 15.1 Å². The van der Waals surface area contributed by atoms with Gasteiger partial charge in [0.05, 0.1) is 19.1 Å². The number of nitrogens with zero attached hydrogens (tertiary/aromatic N) is 2. The highest BCUT2D eigenvalue weighted by Gasteiger charge is 2.38. The third-order valence-corrected chi connectivity index (χ3v) is 2.64. The third-order valence-electron chi connectivity index (χ3n) is 2.64. The molecular weight excluding hydrogens is 321 g/mol. The highest BCUT2D eigenvalue weighted by molar-refractivity contribution is 5.90. The van der Waals surface area contributed by atoms with Crippen molar-refractivity contribution in [3.8, 4) is 0 Å². The predicted molar refractivity (Wildman–Crippen MR) is 72.8 cm³/mol. The van der Waals surface area contributed by atoms with Gasteiger partial charge in [-0.3, -0.25) is 9.48 Å². The van der Waals surface area contributed by atoms with Gasteiger partial charge in [-0.15, -0.1) is 0 Å². The number of alkyl halides is 3. The van der Waals surface area contributed by atoms with Gasteiger partial charge in [-0.05, 0) is 0 Å². The number of hydrogen-bond acceptors (Lipinski definition) is 5. The van der Waals surface area contributed by atoms with Gasteiger partial charge < -0.3 is 20.5 Å². The van der Waals surface area contributed by atoms with Gasteiger partial charge in [0.15, 0.2) is 5.82 Å². The first kappa shape index (κ1) is 18.9. The van der Waals surface area contributed by atoms with Crippen LogP contribution in [-0.2, 0) is 21.4 Å². The molecule has 1 atom stereocenters. The SMILES string of the molecule is Cn1ccc(NC(=O)CC2CNCCO2)n1.O=C(O)C(F)(F)F. The molecule has 0 aliphatic carbocycles. The van der Waals surface area contributed by atoms with E-state index in [-0.39, 0.29) is 12.0 Å². The number of nitrogens with one attached hydrogen (secondary N) is 2. The number of carboxylic acid groups (broad SMARTS) is 1. The molecule has 130 valence electrons.